The van der Waals surface area contributed by atoms with Crippen LogP contribution in [0.25, 0.3) is 33.6 Å². The number of carbonyl (C=O) groups excluding carboxylic acids is 2. The van der Waals surface area contributed by atoms with Crippen LogP contribution in [-0.2, 0) is 28.4 Å². The summed E-state index contributed by atoms with van der Waals surface area (Å²) >= 11 is 0. The number of hydrogen-bond acceptors (Lipinski definition) is 8. The Bertz CT molecular complexity index is 2040. The van der Waals surface area contributed by atoms with Gasteiger partial charge in [0.2, 0.25) is 10.0 Å². The molecule has 256 valence electrons. The van der Waals surface area contributed by atoms with Crippen LogP contribution in [0.3, 0.4) is 0 Å². The van der Waals surface area contributed by atoms with Crippen molar-refractivity contribution >= 4 is 49.8 Å². The molecule has 0 unspecified atom stereocenters. The third-order valence-electron chi connectivity index (χ3n) is 9.65. The van der Waals surface area contributed by atoms with E-state index < -0.39 is 22.7 Å². The summed E-state index contributed by atoms with van der Waals surface area (Å²) in [5.41, 5.74) is 1.53. The summed E-state index contributed by atoms with van der Waals surface area (Å²) in [7, 11) is -1.28. The monoisotopic (exact) mass is 685 g/mol. The second-order valence-electron chi connectivity index (χ2n) is 12.7. The first kappa shape index (κ1) is 32.1. The molecule has 1 aromatic carbocycles. The number of nitrogens with zero attached hydrogens (tertiary/aromatic N) is 6. The molecule has 2 aliphatic heterocycles. The van der Waals surface area contributed by atoms with Gasteiger partial charge in [-0.3, -0.25) is 4.79 Å². The van der Waals surface area contributed by atoms with Crippen LogP contribution in [0.4, 0.5) is 19.3 Å². The molecule has 3 aromatic heterocycles. The Morgan fingerprint density at radius 3 is 2.62 bits per heavy atom. The average Bonchev–Trinajstić information content (AvgIpc) is 3.39. The number of amides is 2. The smallest absolute Gasteiger partial charge is 0.407 e. The number of rotatable bonds is 10. The Morgan fingerprint density at radius 2 is 1.96 bits per heavy atom. The van der Waals surface area contributed by atoms with Crippen molar-refractivity contribution in [1.29, 1.82) is 0 Å². The van der Waals surface area contributed by atoms with E-state index in [4.69, 9.17) is 14.5 Å². The minimum Gasteiger partial charge on any atom is -0.494 e. The average molecular weight is 686 g/mol. The number of hydrogen-bond donors (Lipinski definition) is 1. The van der Waals surface area contributed by atoms with Gasteiger partial charge in [0.15, 0.2) is 5.82 Å². The predicted molar refractivity (Wildman–Crippen MR) is 174 cm³/mol. The molecule has 2 bridgehead atoms. The summed E-state index contributed by atoms with van der Waals surface area (Å²) in [6.07, 6.45) is 5.84. The van der Waals surface area contributed by atoms with E-state index in [0.717, 1.165) is 31.9 Å². The summed E-state index contributed by atoms with van der Waals surface area (Å²) in [5.74, 6) is 0.592. The summed E-state index contributed by atoms with van der Waals surface area (Å²) in [5, 5.41) is 3.15. The zero-order chi connectivity index (χ0) is 34.1. The Kier molecular flexibility index (Phi) is 7.95. The van der Waals surface area contributed by atoms with Crippen molar-refractivity contribution in [1.82, 2.24) is 29.3 Å². The van der Waals surface area contributed by atoms with Crippen LogP contribution in [0.15, 0.2) is 30.5 Å². The summed E-state index contributed by atoms with van der Waals surface area (Å²) in [4.78, 5) is 37.4. The topological polar surface area (TPSA) is 141 Å². The molecule has 5 heterocycles. The summed E-state index contributed by atoms with van der Waals surface area (Å²) in [6.45, 7) is -0.958. The third-order valence-corrected chi connectivity index (χ3v) is 10.7. The van der Waals surface area contributed by atoms with Crippen molar-refractivity contribution in [3.8, 4) is 17.3 Å². The number of aromatic nitrogens is 4. The number of aryl methyl sites for hydroxylation is 1. The van der Waals surface area contributed by atoms with Crippen LogP contribution >= 0.6 is 0 Å². The molecule has 2 saturated heterocycles. The van der Waals surface area contributed by atoms with Gasteiger partial charge in [-0.2, -0.15) is 8.78 Å². The maximum atomic E-state index is 14.7. The Morgan fingerprint density at radius 1 is 1.19 bits per heavy atom. The first-order valence-corrected chi connectivity index (χ1v) is 17.8. The van der Waals surface area contributed by atoms with Crippen LogP contribution in [0.5, 0.6) is 5.75 Å². The number of alkyl halides is 2. The number of benzene rings is 1. The number of imidazole rings is 1. The highest BCUT2D eigenvalue weighted by atomic mass is 32.2. The Hall–Kier alpha value is -4.47. The molecule has 2 amide bonds. The minimum absolute atomic E-state index is 0.0556. The van der Waals surface area contributed by atoms with Crippen molar-refractivity contribution in [3.63, 3.8) is 0 Å². The lowest BCUT2D eigenvalue weighted by atomic mass is 9.96. The molecule has 1 N–H and O–H groups in total. The lowest BCUT2D eigenvalue weighted by Crippen LogP contribution is -2.45. The van der Waals surface area contributed by atoms with E-state index in [1.165, 1.54) is 7.11 Å². The third kappa shape index (κ3) is 5.29. The van der Waals surface area contributed by atoms with E-state index in [1.54, 1.807) is 53.6 Å². The van der Waals surface area contributed by atoms with Crippen LogP contribution in [0.2, 0.25) is 0 Å². The summed E-state index contributed by atoms with van der Waals surface area (Å²) in [6, 6.07) is 5.95. The second kappa shape index (κ2) is 11.9. The highest BCUT2D eigenvalue weighted by Gasteiger charge is 2.49. The number of methoxy groups -OCH3 is 1. The van der Waals surface area contributed by atoms with Crippen molar-refractivity contribution in [3.05, 3.63) is 36.0 Å². The van der Waals surface area contributed by atoms with Crippen molar-refractivity contribution in [2.24, 2.45) is 13.0 Å². The number of alkyl carbamates (subject to hydrolysis) is 1. The molecule has 16 heteroatoms. The number of pyridine rings is 1. The molecular formula is C32H37F2N7O6S. The number of fused-ring (bicyclic) bond motifs is 4. The molecule has 48 heavy (non-hydrogen) atoms. The Balaban J connectivity index is 1.37. The van der Waals surface area contributed by atoms with E-state index in [9.17, 15) is 26.8 Å². The molecule has 3 fully saturated rings. The van der Waals surface area contributed by atoms with E-state index in [-0.39, 0.29) is 63.5 Å². The van der Waals surface area contributed by atoms with Crippen LogP contribution < -0.4 is 14.4 Å². The van der Waals surface area contributed by atoms with Crippen molar-refractivity contribution in [2.45, 2.75) is 70.2 Å². The molecule has 7 rings (SSSR count). The fourth-order valence-electron chi connectivity index (χ4n) is 7.49. The van der Waals surface area contributed by atoms with Gasteiger partial charge in [0, 0.05) is 36.8 Å². The Labute approximate surface area is 275 Å². The zero-order valence-corrected chi connectivity index (χ0v) is 27.8. The van der Waals surface area contributed by atoms with Gasteiger partial charge >= 0.3 is 12.6 Å². The lowest BCUT2D eigenvalue weighted by Gasteiger charge is -2.25. The SMILES string of the molecule is CCOC(=O)N[C@@H]1C[C@@H]2CC[C@H]1N2C(=O)c1cc(OC)c2c(c1)nc(-c1c(N(C(F)F)S(C)(=O)=O)c3cccnc3n1CC1CC1)n2C. The summed E-state index contributed by atoms with van der Waals surface area (Å²) < 4.78 is 69.7. The second-order valence-corrected chi connectivity index (χ2v) is 14.6. The van der Waals surface area contributed by atoms with Crippen molar-refractivity contribution < 1.29 is 36.3 Å². The number of halogens is 2. The van der Waals surface area contributed by atoms with Crippen molar-refractivity contribution in [2.75, 3.05) is 24.3 Å². The number of anilines is 1. The molecule has 13 nitrogen and oxygen atoms in total. The van der Waals surface area contributed by atoms with E-state index in [2.05, 4.69) is 10.3 Å². The molecule has 3 atom stereocenters. The highest BCUT2D eigenvalue weighted by molar-refractivity contribution is 7.92. The van der Waals surface area contributed by atoms with Gasteiger partial charge in [0.05, 0.1) is 43.3 Å². The standard InChI is InChI=1S/C32H37F2N7O6S/c1-5-47-32(43)37-21-15-19-10-11-23(21)40(19)30(42)18-13-22-26(24(14-18)46-3)38(2)29(36-22)27-25(41(31(33)34)48(4,44)45)20-7-6-12-35-28(20)39(27)16-17-8-9-17/h6-7,12-14,17,19,21,23,31H,5,8-11,15-16H2,1-4H3,(H,37,43)/t19-,21+,23+/m0/s1. The maximum absolute atomic E-state index is 14.7. The maximum Gasteiger partial charge on any atom is 0.407 e. The van der Waals surface area contributed by atoms with Gasteiger partial charge in [-0.25, -0.2) is 27.5 Å². The quantitative estimate of drug-likeness (QED) is 0.241. The first-order chi connectivity index (χ1) is 22.9. The van der Waals surface area contributed by atoms with Gasteiger partial charge in [-0.1, -0.05) is 0 Å². The first-order valence-electron chi connectivity index (χ1n) is 16.0. The molecule has 3 aliphatic rings. The van der Waals surface area contributed by atoms with E-state index in [0.29, 0.717) is 41.0 Å². The number of carbonyl (C=O) groups is 2. The van der Waals surface area contributed by atoms with Gasteiger partial charge < -0.3 is 28.8 Å². The zero-order valence-electron chi connectivity index (χ0n) is 27.0. The number of sulfonamides is 1. The normalized spacial score (nSPS) is 20.6. The molecule has 1 saturated carbocycles. The molecule has 1 aliphatic carbocycles. The molecule has 0 radical (unpaired) electrons. The van der Waals surface area contributed by atoms with Crippen LogP contribution in [-0.4, -0.2) is 89.1 Å². The van der Waals surface area contributed by atoms with E-state index in [1.807, 2.05) is 4.90 Å². The molecule has 4 aromatic rings. The van der Waals surface area contributed by atoms with Crippen LogP contribution in [0, 0.1) is 5.92 Å². The predicted octanol–water partition coefficient (Wildman–Crippen LogP) is 4.49. The minimum atomic E-state index is -4.45. The van der Waals surface area contributed by atoms with Gasteiger partial charge in [-0.15, -0.1) is 0 Å². The van der Waals surface area contributed by atoms with Crippen LogP contribution in [0.1, 0.15) is 49.4 Å². The lowest BCUT2D eigenvalue weighted by molar-refractivity contribution is 0.0720. The number of nitrogens with one attached hydrogen (secondary N) is 1. The largest absolute Gasteiger partial charge is 0.494 e. The van der Waals surface area contributed by atoms with Gasteiger partial charge in [0.25, 0.3) is 5.91 Å². The fourth-order valence-corrected chi connectivity index (χ4v) is 8.29. The van der Waals surface area contributed by atoms with E-state index >= 15 is 0 Å². The fraction of sp³-hybridized carbons (Fsp3) is 0.500. The molecular weight excluding hydrogens is 648 g/mol. The van der Waals surface area contributed by atoms with Gasteiger partial charge in [-0.05, 0) is 69.2 Å². The number of ether oxygens (including phenoxy) is 2. The van der Waals surface area contributed by atoms with Gasteiger partial charge in [0.1, 0.15) is 22.6 Å². The molecule has 0 spiro atoms. The highest BCUT2D eigenvalue weighted by Crippen LogP contribution is 2.46.